The number of hydrogen-bond acceptors (Lipinski definition) is 8. The van der Waals surface area contributed by atoms with Gasteiger partial charge < -0.3 is 19.6 Å². The van der Waals surface area contributed by atoms with Gasteiger partial charge in [0.2, 0.25) is 5.95 Å². The maximum atomic E-state index is 9.59. The van der Waals surface area contributed by atoms with Gasteiger partial charge >= 0.3 is 0 Å². The molecule has 0 aliphatic rings. The van der Waals surface area contributed by atoms with Gasteiger partial charge in [0.05, 0.1) is 13.3 Å². The molecule has 1 aromatic heterocycles. The molecule has 128 valence electrons. The Balaban J connectivity index is 2.19. The maximum absolute atomic E-state index is 9.59. The summed E-state index contributed by atoms with van der Waals surface area (Å²) in [4.78, 5) is 12.6. The summed E-state index contributed by atoms with van der Waals surface area (Å²) in [7, 11) is 9.09. The molecular weight excluding hydrogens is 308 g/mol. The highest BCUT2D eigenvalue weighted by Gasteiger charge is 2.07. The number of aromatic hydroxyl groups is 1. The molecule has 0 saturated heterocycles. The Morgan fingerprint density at radius 2 is 1.88 bits per heavy atom. The second-order valence-corrected chi connectivity index (χ2v) is 5.50. The van der Waals surface area contributed by atoms with E-state index in [2.05, 4.69) is 20.5 Å². The summed E-state index contributed by atoms with van der Waals surface area (Å²) in [6.07, 6.45) is 1.62. The summed E-state index contributed by atoms with van der Waals surface area (Å²) in [6, 6.07) is 6.79. The number of benzene rings is 1. The molecule has 2 aromatic rings. The van der Waals surface area contributed by atoms with Crippen LogP contribution in [-0.2, 0) is 0 Å². The zero-order chi connectivity index (χ0) is 17.7. The van der Waals surface area contributed by atoms with Crippen molar-refractivity contribution in [3.8, 4) is 11.5 Å². The summed E-state index contributed by atoms with van der Waals surface area (Å²) in [6.45, 7) is 0. The van der Waals surface area contributed by atoms with Gasteiger partial charge in [0.1, 0.15) is 5.82 Å². The van der Waals surface area contributed by atoms with Gasteiger partial charge in [0.15, 0.2) is 17.3 Å². The number of nitrogens with one attached hydrogen (secondary N) is 1. The van der Waals surface area contributed by atoms with Crippen molar-refractivity contribution in [2.45, 2.75) is 0 Å². The van der Waals surface area contributed by atoms with Crippen LogP contribution in [0.1, 0.15) is 5.56 Å². The Bertz CT molecular complexity index is 704. The Morgan fingerprint density at radius 1 is 1.12 bits per heavy atom. The van der Waals surface area contributed by atoms with E-state index in [1.54, 1.807) is 24.4 Å². The van der Waals surface area contributed by atoms with E-state index in [-0.39, 0.29) is 5.75 Å². The van der Waals surface area contributed by atoms with Crippen LogP contribution in [0.25, 0.3) is 0 Å². The Hall–Kier alpha value is -3.03. The van der Waals surface area contributed by atoms with E-state index in [4.69, 9.17) is 4.74 Å². The van der Waals surface area contributed by atoms with E-state index in [1.165, 1.54) is 7.11 Å². The van der Waals surface area contributed by atoms with Crippen LogP contribution < -0.4 is 20.0 Å². The van der Waals surface area contributed by atoms with Crippen LogP contribution in [0.2, 0.25) is 0 Å². The fourth-order valence-electron chi connectivity index (χ4n) is 1.86. The summed E-state index contributed by atoms with van der Waals surface area (Å²) in [5, 5.41) is 13.8. The zero-order valence-electron chi connectivity index (χ0n) is 14.5. The lowest BCUT2D eigenvalue weighted by atomic mass is 10.2. The Labute approximate surface area is 141 Å². The van der Waals surface area contributed by atoms with Crippen LogP contribution >= 0.6 is 0 Å². The van der Waals surface area contributed by atoms with E-state index in [1.807, 2.05) is 44.1 Å². The van der Waals surface area contributed by atoms with Crippen molar-refractivity contribution in [2.24, 2.45) is 5.10 Å². The highest BCUT2D eigenvalue weighted by molar-refractivity contribution is 5.81. The Morgan fingerprint density at radius 3 is 2.50 bits per heavy atom. The van der Waals surface area contributed by atoms with Gasteiger partial charge in [-0.2, -0.15) is 15.1 Å². The average Bonchev–Trinajstić information content (AvgIpc) is 2.56. The van der Waals surface area contributed by atoms with Gasteiger partial charge in [-0.15, -0.1) is 0 Å². The van der Waals surface area contributed by atoms with Crippen molar-refractivity contribution >= 4 is 23.8 Å². The quantitative estimate of drug-likeness (QED) is 0.616. The fourth-order valence-corrected chi connectivity index (χ4v) is 1.86. The van der Waals surface area contributed by atoms with Crippen LogP contribution in [0.3, 0.4) is 0 Å². The van der Waals surface area contributed by atoms with Gasteiger partial charge in [0, 0.05) is 34.3 Å². The van der Waals surface area contributed by atoms with Crippen molar-refractivity contribution in [3.63, 3.8) is 0 Å². The zero-order valence-corrected chi connectivity index (χ0v) is 14.5. The lowest BCUT2D eigenvalue weighted by Gasteiger charge is -2.16. The molecule has 0 amide bonds. The lowest BCUT2D eigenvalue weighted by Crippen LogP contribution is -2.17. The molecule has 0 aliphatic heterocycles. The van der Waals surface area contributed by atoms with E-state index >= 15 is 0 Å². The number of rotatable bonds is 6. The van der Waals surface area contributed by atoms with Gasteiger partial charge in [-0.25, -0.2) is 0 Å². The molecule has 1 heterocycles. The van der Waals surface area contributed by atoms with Crippen molar-refractivity contribution < 1.29 is 9.84 Å². The van der Waals surface area contributed by atoms with E-state index in [0.29, 0.717) is 17.5 Å². The first-order valence-electron chi connectivity index (χ1n) is 7.30. The third-order valence-electron chi connectivity index (χ3n) is 3.16. The lowest BCUT2D eigenvalue weighted by molar-refractivity contribution is 0.373. The number of methoxy groups -OCH3 is 1. The highest BCUT2D eigenvalue weighted by atomic mass is 16.5. The van der Waals surface area contributed by atoms with Crippen LogP contribution in [0.5, 0.6) is 11.5 Å². The molecule has 1 aromatic carbocycles. The minimum absolute atomic E-state index is 0.0876. The average molecular weight is 330 g/mol. The molecule has 0 atom stereocenters. The third kappa shape index (κ3) is 4.25. The number of nitrogens with zero attached hydrogens (tertiary/aromatic N) is 5. The number of hydrogen-bond donors (Lipinski definition) is 2. The van der Waals surface area contributed by atoms with Crippen molar-refractivity contribution in [3.05, 3.63) is 29.8 Å². The molecule has 8 heteroatoms. The second-order valence-electron chi connectivity index (χ2n) is 5.50. The summed E-state index contributed by atoms with van der Waals surface area (Å²) >= 11 is 0. The largest absolute Gasteiger partial charge is 0.504 e. The van der Waals surface area contributed by atoms with Crippen LogP contribution in [0.15, 0.2) is 29.4 Å². The van der Waals surface area contributed by atoms with Gasteiger partial charge in [-0.1, -0.05) is 0 Å². The molecule has 8 nitrogen and oxygen atoms in total. The minimum atomic E-state index is 0.0876. The maximum Gasteiger partial charge on any atom is 0.228 e. The summed E-state index contributed by atoms with van der Waals surface area (Å²) in [5.41, 5.74) is 3.68. The molecule has 0 fully saturated rings. The minimum Gasteiger partial charge on any atom is -0.504 e. The van der Waals surface area contributed by atoms with Crippen molar-refractivity contribution in [1.29, 1.82) is 0 Å². The Kier molecular flexibility index (Phi) is 5.41. The standard InChI is InChI=1S/C16H22N6O2/c1-21(2)15-9-14(18-16(19-15)22(3)4)20-17-10-11-6-7-12(23)13(8-11)24-5/h6-10,23H,1-5H3,(H,18,19,20)/b17-10-. The first-order chi connectivity index (χ1) is 11.4. The normalized spacial score (nSPS) is 10.7. The number of phenolic OH excluding ortho intramolecular Hbond substituents is 1. The third-order valence-corrected chi connectivity index (χ3v) is 3.16. The summed E-state index contributed by atoms with van der Waals surface area (Å²) in [5.74, 6) is 2.43. The number of aromatic nitrogens is 2. The topological polar surface area (TPSA) is 86.1 Å². The van der Waals surface area contributed by atoms with E-state index in [9.17, 15) is 5.11 Å². The van der Waals surface area contributed by atoms with Gasteiger partial charge in [-0.3, -0.25) is 5.43 Å². The number of anilines is 3. The first kappa shape index (κ1) is 17.3. The fraction of sp³-hybridized carbons (Fsp3) is 0.312. The van der Waals surface area contributed by atoms with Gasteiger partial charge in [0.25, 0.3) is 0 Å². The summed E-state index contributed by atoms with van der Waals surface area (Å²) < 4.78 is 5.07. The molecule has 24 heavy (non-hydrogen) atoms. The predicted octanol–water partition coefficient (Wildman–Crippen LogP) is 1.77. The number of phenols is 1. The molecule has 2 N–H and O–H groups in total. The highest BCUT2D eigenvalue weighted by Crippen LogP contribution is 2.25. The van der Waals surface area contributed by atoms with Crippen molar-refractivity contribution in [2.75, 3.05) is 50.5 Å². The van der Waals surface area contributed by atoms with E-state index in [0.717, 1.165) is 11.4 Å². The van der Waals surface area contributed by atoms with E-state index < -0.39 is 0 Å². The van der Waals surface area contributed by atoms with Gasteiger partial charge in [-0.05, 0) is 23.8 Å². The van der Waals surface area contributed by atoms with Crippen LogP contribution in [0, 0.1) is 0 Å². The van der Waals surface area contributed by atoms with Crippen molar-refractivity contribution in [1.82, 2.24) is 9.97 Å². The number of hydrazone groups is 1. The van der Waals surface area contributed by atoms with Crippen LogP contribution in [-0.4, -0.2) is 56.6 Å². The molecule has 0 bridgehead atoms. The molecule has 0 radical (unpaired) electrons. The second kappa shape index (κ2) is 7.49. The molecule has 0 spiro atoms. The monoisotopic (exact) mass is 330 g/mol. The SMILES string of the molecule is COc1cc(/C=N\Nc2cc(N(C)C)nc(N(C)C)n2)ccc1O. The first-order valence-corrected chi connectivity index (χ1v) is 7.30. The predicted molar refractivity (Wildman–Crippen MR) is 96.6 cm³/mol. The molecule has 0 saturated carbocycles. The molecule has 0 aliphatic carbocycles. The van der Waals surface area contributed by atoms with Crippen LogP contribution in [0.4, 0.5) is 17.6 Å². The number of ether oxygens (including phenoxy) is 1. The molecule has 0 unspecified atom stereocenters. The molecule has 2 rings (SSSR count). The smallest absolute Gasteiger partial charge is 0.228 e. The molecular formula is C16H22N6O2.